The highest BCUT2D eigenvalue weighted by molar-refractivity contribution is 5.45. The van der Waals surface area contributed by atoms with E-state index < -0.39 is 0 Å². The second-order valence-electron chi connectivity index (χ2n) is 3.75. The summed E-state index contributed by atoms with van der Waals surface area (Å²) in [6, 6.07) is 7.91. The Kier molecular flexibility index (Phi) is 4.47. The molecule has 2 heteroatoms. The summed E-state index contributed by atoms with van der Waals surface area (Å²) in [5.41, 5.74) is 2.05. The van der Waals surface area contributed by atoms with Gasteiger partial charge in [0.25, 0.3) is 0 Å². The molecule has 1 aromatic rings. The average Bonchev–Trinajstić information content (AvgIpc) is 2.26. The molecule has 0 saturated heterocycles. The van der Waals surface area contributed by atoms with Crippen LogP contribution in [0.25, 0.3) is 0 Å². The number of anilines is 1. The van der Waals surface area contributed by atoms with Crippen LogP contribution in [0.15, 0.2) is 24.3 Å². The van der Waals surface area contributed by atoms with Gasteiger partial charge in [0.1, 0.15) is 0 Å². The molecule has 1 unspecified atom stereocenters. The first-order valence-electron chi connectivity index (χ1n) is 5.20. The Bertz CT molecular complexity index is 273. The van der Waals surface area contributed by atoms with E-state index in [1.807, 2.05) is 24.3 Å². The SMILES string of the molecule is CCC(C)CNc1cccc(CO)c1. The molecule has 1 aromatic carbocycles. The van der Waals surface area contributed by atoms with E-state index in [2.05, 4.69) is 19.2 Å². The van der Waals surface area contributed by atoms with Crippen LogP contribution in [0.3, 0.4) is 0 Å². The maximum atomic E-state index is 8.96. The van der Waals surface area contributed by atoms with Gasteiger partial charge in [-0.05, 0) is 23.6 Å². The summed E-state index contributed by atoms with van der Waals surface area (Å²) in [5, 5.41) is 12.3. The molecule has 0 aliphatic rings. The fourth-order valence-electron chi connectivity index (χ4n) is 1.22. The minimum Gasteiger partial charge on any atom is -0.392 e. The number of rotatable bonds is 5. The molecule has 78 valence electrons. The number of aliphatic hydroxyl groups is 1. The molecule has 0 radical (unpaired) electrons. The van der Waals surface area contributed by atoms with E-state index in [1.54, 1.807) is 0 Å². The van der Waals surface area contributed by atoms with Crippen molar-refractivity contribution in [3.63, 3.8) is 0 Å². The van der Waals surface area contributed by atoms with E-state index in [0.29, 0.717) is 5.92 Å². The Morgan fingerprint density at radius 3 is 2.86 bits per heavy atom. The number of nitrogens with one attached hydrogen (secondary N) is 1. The van der Waals surface area contributed by atoms with Crippen LogP contribution < -0.4 is 5.32 Å². The molecule has 1 rings (SSSR count). The van der Waals surface area contributed by atoms with Crippen LogP contribution in [0.2, 0.25) is 0 Å². The lowest BCUT2D eigenvalue weighted by atomic mass is 10.1. The summed E-state index contributed by atoms with van der Waals surface area (Å²) in [7, 11) is 0. The number of benzene rings is 1. The van der Waals surface area contributed by atoms with Gasteiger partial charge < -0.3 is 10.4 Å². The molecule has 0 saturated carbocycles. The first-order valence-corrected chi connectivity index (χ1v) is 5.20. The predicted molar refractivity (Wildman–Crippen MR) is 60.3 cm³/mol. The van der Waals surface area contributed by atoms with Crippen molar-refractivity contribution in [2.75, 3.05) is 11.9 Å². The lowest BCUT2D eigenvalue weighted by Gasteiger charge is -2.11. The van der Waals surface area contributed by atoms with Gasteiger partial charge in [0.2, 0.25) is 0 Å². The van der Waals surface area contributed by atoms with Gasteiger partial charge in [-0.15, -0.1) is 0 Å². The summed E-state index contributed by atoms with van der Waals surface area (Å²) in [6.07, 6.45) is 1.19. The van der Waals surface area contributed by atoms with Gasteiger partial charge in [-0.2, -0.15) is 0 Å². The maximum absolute atomic E-state index is 8.96. The lowest BCUT2D eigenvalue weighted by molar-refractivity contribution is 0.282. The molecule has 0 aliphatic heterocycles. The van der Waals surface area contributed by atoms with Crippen molar-refractivity contribution in [1.82, 2.24) is 0 Å². The van der Waals surface area contributed by atoms with E-state index in [4.69, 9.17) is 5.11 Å². The normalized spacial score (nSPS) is 12.5. The van der Waals surface area contributed by atoms with Crippen molar-refractivity contribution < 1.29 is 5.11 Å². The van der Waals surface area contributed by atoms with Crippen molar-refractivity contribution in [2.24, 2.45) is 5.92 Å². The minimum absolute atomic E-state index is 0.110. The molecular formula is C12H19NO. The third-order valence-corrected chi connectivity index (χ3v) is 2.46. The molecular weight excluding hydrogens is 174 g/mol. The summed E-state index contributed by atoms with van der Waals surface area (Å²) >= 11 is 0. The van der Waals surface area contributed by atoms with Crippen molar-refractivity contribution >= 4 is 5.69 Å². The van der Waals surface area contributed by atoms with Crippen LogP contribution in [0.4, 0.5) is 5.69 Å². The molecule has 1 atom stereocenters. The van der Waals surface area contributed by atoms with Gasteiger partial charge in [0.15, 0.2) is 0 Å². The molecule has 0 heterocycles. The summed E-state index contributed by atoms with van der Waals surface area (Å²) in [4.78, 5) is 0. The first-order chi connectivity index (χ1) is 6.76. The Morgan fingerprint density at radius 1 is 1.43 bits per heavy atom. The molecule has 0 spiro atoms. The molecule has 0 fully saturated rings. The minimum atomic E-state index is 0.110. The van der Waals surface area contributed by atoms with E-state index in [1.165, 1.54) is 6.42 Å². The Labute approximate surface area is 86.0 Å². The van der Waals surface area contributed by atoms with Gasteiger partial charge in [0.05, 0.1) is 6.61 Å². The largest absolute Gasteiger partial charge is 0.392 e. The quantitative estimate of drug-likeness (QED) is 0.753. The highest BCUT2D eigenvalue weighted by Crippen LogP contribution is 2.11. The standard InChI is InChI=1S/C12H19NO/c1-3-10(2)8-13-12-6-4-5-11(7-12)9-14/h4-7,10,13-14H,3,8-9H2,1-2H3. The lowest BCUT2D eigenvalue weighted by Crippen LogP contribution is -2.10. The third-order valence-electron chi connectivity index (χ3n) is 2.46. The van der Waals surface area contributed by atoms with E-state index in [-0.39, 0.29) is 6.61 Å². The van der Waals surface area contributed by atoms with Gasteiger partial charge >= 0.3 is 0 Å². The second kappa shape index (κ2) is 5.66. The van der Waals surface area contributed by atoms with Crippen LogP contribution in [0.1, 0.15) is 25.8 Å². The zero-order valence-electron chi connectivity index (χ0n) is 8.96. The third kappa shape index (κ3) is 3.38. The molecule has 2 N–H and O–H groups in total. The van der Waals surface area contributed by atoms with Gasteiger partial charge in [-0.3, -0.25) is 0 Å². The van der Waals surface area contributed by atoms with Crippen LogP contribution in [0.5, 0.6) is 0 Å². The summed E-state index contributed by atoms with van der Waals surface area (Å²) in [6.45, 7) is 5.52. The van der Waals surface area contributed by atoms with Gasteiger partial charge in [-0.25, -0.2) is 0 Å². The molecule has 14 heavy (non-hydrogen) atoms. The first kappa shape index (κ1) is 11.1. The number of hydrogen-bond donors (Lipinski definition) is 2. The molecule has 0 aliphatic carbocycles. The van der Waals surface area contributed by atoms with Crippen molar-refractivity contribution in [2.45, 2.75) is 26.9 Å². The molecule has 0 bridgehead atoms. The summed E-state index contributed by atoms with van der Waals surface area (Å²) in [5.74, 6) is 0.688. The zero-order chi connectivity index (χ0) is 10.4. The van der Waals surface area contributed by atoms with E-state index in [9.17, 15) is 0 Å². The van der Waals surface area contributed by atoms with E-state index >= 15 is 0 Å². The zero-order valence-corrected chi connectivity index (χ0v) is 8.96. The maximum Gasteiger partial charge on any atom is 0.0682 e. The van der Waals surface area contributed by atoms with Crippen LogP contribution in [-0.2, 0) is 6.61 Å². The number of hydrogen-bond acceptors (Lipinski definition) is 2. The van der Waals surface area contributed by atoms with Gasteiger partial charge in [0, 0.05) is 12.2 Å². The van der Waals surface area contributed by atoms with Crippen molar-refractivity contribution in [3.8, 4) is 0 Å². The monoisotopic (exact) mass is 193 g/mol. The summed E-state index contributed by atoms with van der Waals surface area (Å²) < 4.78 is 0. The highest BCUT2D eigenvalue weighted by Gasteiger charge is 1.98. The average molecular weight is 193 g/mol. The molecule has 0 amide bonds. The Morgan fingerprint density at radius 2 is 2.21 bits per heavy atom. The van der Waals surface area contributed by atoms with Crippen LogP contribution >= 0.6 is 0 Å². The Balaban J connectivity index is 2.50. The van der Waals surface area contributed by atoms with Crippen molar-refractivity contribution in [1.29, 1.82) is 0 Å². The highest BCUT2D eigenvalue weighted by atomic mass is 16.3. The van der Waals surface area contributed by atoms with Gasteiger partial charge in [-0.1, -0.05) is 32.4 Å². The smallest absolute Gasteiger partial charge is 0.0682 e. The Hall–Kier alpha value is -1.02. The molecule has 0 aromatic heterocycles. The van der Waals surface area contributed by atoms with Crippen molar-refractivity contribution in [3.05, 3.63) is 29.8 Å². The second-order valence-corrected chi connectivity index (χ2v) is 3.75. The fraction of sp³-hybridized carbons (Fsp3) is 0.500. The predicted octanol–water partition coefficient (Wildman–Crippen LogP) is 2.64. The topological polar surface area (TPSA) is 32.3 Å². The van der Waals surface area contributed by atoms with E-state index in [0.717, 1.165) is 17.8 Å². The van der Waals surface area contributed by atoms with Crippen LogP contribution in [-0.4, -0.2) is 11.7 Å². The molecule has 2 nitrogen and oxygen atoms in total. The number of aliphatic hydroxyl groups excluding tert-OH is 1. The van der Waals surface area contributed by atoms with Crippen LogP contribution in [0, 0.1) is 5.92 Å². The fourth-order valence-corrected chi connectivity index (χ4v) is 1.22.